The van der Waals surface area contributed by atoms with Crippen LogP contribution >= 0.6 is 11.3 Å². The number of nitrogens with one attached hydrogen (secondary N) is 2. The standard InChI is InChI=1S/C21H21N7O4S2/c1-2-28-13-24-26-18(28)12-23-21(30)16-11-14(9-10-22-16)34(31,32)27-19(29)7-8-20-25-15-5-3-4-6-17(15)33-20/h3-6,9-11,13H,2,7-8,12H2,1H3,(H,23,30)(H,27,29). The van der Waals surface area contributed by atoms with Gasteiger partial charge in [0.2, 0.25) is 5.91 Å². The van der Waals surface area contributed by atoms with Gasteiger partial charge in [0.15, 0.2) is 5.82 Å². The van der Waals surface area contributed by atoms with E-state index in [1.807, 2.05) is 35.9 Å². The number of pyridine rings is 1. The van der Waals surface area contributed by atoms with Gasteiger partial charge in [0.25, 0.3) is 15.9 Å². The molecule has 0 bridgehead atoms. The van der Waals surface area contributed by atoms with Crippen LogP contribution in [-0.4, -0.2) is 45.0 Å². The summed E-state index contributed by atoms with van der Waals surface area (Å²) in [5.41, 5.74) is 0.736. The number of benzene rings is 1. The first kappa shape index (κ1) is 23.4. The molecule has 13 heteroatoms. The molecule has 2 N–H and O–H groups in total. The number of carbonyl (C=O) groups is 2. The van der Waals surface area contributed by atoms with Crippen molar-refractivity contribution in [1.82, 2.24) is 34.8 Å². The van der Waals surface area contributed by atoms with Gasteiger partial charge in [-0.2, -0.15) is 0 Å². The van der Waals surface area contributed by atoms with Crippen molar-refractivity contribution in [2.75, 3.05) is 0 Å². The van der Waals surface area contributed by atoms with Crippen LogP contribution in [-0.2, 0) is 34.3 Å². The summed E-state index contributed by atoms with van der Waals surface area (Å²) < 4.78 is 30.1. The summed E-state index contributed by atoms with van der Waals surface area (Å²) in [6.45, 7) is 2.66. The lowest BCUT2D eigenvalue weighted by Crippen LogP contribution is -2.31. The van der Waals surface area contributed by atoms with Gasteiger partial charge < -0.3 is 9.88 Å². The van der Waals surface area contributed by atoms with Gasteiger partial charge in [0.1, 0.15) is 12.0 Å². The van der Waals surface area contributed by atoms with E-state index < -0.39 is 21.8 Å². The summed E-state index contributed by atoms with van der Waals surface area (Å²) >= 11 is 1.46. The second-order valence-electron chi connectivity index (χ2n) is 7.20. The summed E-state index contributed by atoms with van der Waals surface area (Å²) in [5, 5.41) is 11.1. The molecule has 34 heavy (non-hydrogen) atoms. The summed E-state index contributed by atoms with van der Waals surface area (Å²) in [4.78, 5) is 32.9. The third kappa shape index (κ3) is 5.43. The van der Waals surface area contributed by atoms with Crippen LogP contribution < -0.4 is 10.0 Å². The van der Waals surface area contributed by atoms with E-state index >= 15 is 0 Å². The summed E-state index contributed by atoms with van der Waals surface area (Å²) in [7, 11) is -4.18. The van der Waals surface area contributed by atoms with Crippen LogP contribution in [0.15, 0.2) is 53.8 Å². The molecule has 1 aromatic carbocycles. The molecule has 4 aromatic rings. The normalized spacial score (nSPS) is 11.4. The van der Waals surface area contributed by atoms with Gasteiger partial charge in [-0.3, -0.25) is 14.6 Å². The highest BCUT2D eigenvalue weighted by Crippen LogP contribution is 2.22. The predicted octanol–water partition coefficient (Wildman–Crippen LogP) is 1.67. The Morgan fingerprint density at radius 2 is 2.00 bits per heavy atom. The number of aryl methyl sites for hydroxylation is 2. The molecule has 0 aliphatic carbocycles. The Kier molecular flexibility index (Phi) is 6.93. The smallest absolute Gasteiger partial charge is 0.270 e. The Balaban J connectivity index is 1.37. The number of hydrogen-bond donors (Lipinski definition) is 2. The third-order valence-corrected chi connectivity index (χ3v) is 7.34. The van der Waals surface area contributed by atoms with Crippen LogP contribution in [0.3, 0.4) is 0 Å². The lowest BCUT2D eigenvalue weighted by molar-refractivity contribution is -0.119. The molecule has 0 saturated heterocycles. The Bertz CT molecular complexity index is 1410. The minimum absolute atomic E-state index is 0.0460. The van der Waals surface area contributed by atoms with Crippen molar-refractivity contribution >= 4 is 43.4 Å². The van der Waals surface area contributed by atoms with Crippen LogP contribution in [0.2, 0.25) is 0 Å². The fraction of sp³-hybridized carbons (Fsp3) is 0.238. The largest absolute Gasteiger partial charge is 0.343 e. The van der Waals surface area contributed by atoms with E-state index in [2.05, 4.69) is 25.5 Å². The minimum atomic E-state index is -4.18. The average Bonchev–Trinajstić information content (AvgIpc) is 3.47. The Morgan fingerprint density at radius 1 is 1.18 bits per heavy atom. The number of sulfonamides is 1. The van der Waals surface area contributed by atoms with Crippen LogP contribution in [0.4, 0.5) is 0 Å². The molecular weight excluding hydrogens is 478 g/mol. The van der Waals surface area contributed by atoms with Gasteiger partial charge >= 0.3 is 0 Å². The van der Waals surface area contributed by atoms with Crippen LogP contribution in [0.5, 0.6) is 0 Å². The SMILES string of the molecule is CCn1cnnc1CNC(=O)c1cc(S(=O)(=O)NC(=O)CCc2nc3ccccc3s2)ccn1. The van der Waals surface area contributed by atoms with Crippen LogP contribution in [0, 0.1) is 0 Å². The number of carbonyl (C=O) groups excluding carboxylic acids is 2. The topological polar surface area (TPSA) is 149 Å². The lowest BCUT2D eigenvalue weighted by atomic mass is 10.3. The fourth-order valence-corrected chi connectivity index (χ4v) is 5.13. The maximum Gasteiger partial charge on any atom is 0.270 e. The molecule has 0 atom stereocenters. The average molecular weight is 500 g/mol. The van der Waals surface area contributed by atoms with Crippen molar-refractivity contribution in [2.24, 2.45) is 0 Å². The molecule has 0 fully saturated rings. The first-order valence-electron chi connectivity index (χ1n) is 10.4. The maximum absolute atomic E-state index is 12.7. The number of fused-ring (bicyclic) bond motifs is 1. The second-order valence-corrected chi connectivity index (χ2v) is 9.99. The highest BCUT2D eigenvalue weighted by atomic mass is 32.2. The third-order valence-electron chi connectivity index (χ3n) is 4.87. The number of nitrogens with zero attached hydrogens (tertiary/aromatic N) is 5. The van der Waals surface area contributed by atoms with Crippen molar-refractivity contribution in [3.63, 3.8) is 0 Å². The molecule has 0 unspecified atom stereocenters. The zero-order valence-corrected chi connectivity index (χ0v) is 19.8. The number of rotatable bonds is 9. The summed E-state index contributed by atoms with van der Waals surface area (Å²) in [5.74, 6) is -0.689. The summed E-state index contributed by atoms with van der Waals surface area (Å²) in [6, 6.07) is 9.94. The molecule has 3 heterocycles. The van der Waals surface area contributed by atoms with Crippen molar-refractivity contribution in [2.45, 2.75) is 37.8 Å². The van der Waals surface area contributed by atoms with Gasteiger partial charge in [-0.25, -0.2) is 18.1 Å². The van der Waals surface area contributed by atoms with Gasteiger partial charge in [-0.15, -0.1) is 21.5 Å². The van der Waals surface area contributed by atoms with E-state index in [-0.39, 0.29) is 23.6 Å². The number of para-hydroxylation sites is 1. The molecule has 4 rings (SSSR count). The first-order valence-corrected chi connectivity index (χ1v) is 12.7. The Hall–Kier alpha value is -3.71. The predicted molar refractivity (Wildman–Crippen MR) is 124 cm³/mol. The van der Waals surface area contributed by atoms with Gasteiger partial charge in [-0.1, -0.05) is 12.1 Å². The molecule has 11 nitrogen and oxygen atoms in total. The monoisotopic (exact) mass is 499 g/mol. The lowest BCUT2D eigenvalue weighted by Gasteiger charge is -2.09. The van der Waals surface area contributed by atoms with E-state index in [1.54, 1.807) is 10.9 Å². The van der Waals surface area contributed by atoms with E-state index in [4.69, 9.17) is 0 Å². The number of amides is 2. The molecule has 0 spiro atoms. The molecule has 0 radical (unpaired) electrons. The van der Waals surface area contributed by atoms with Gasteiger partial charge in [0, 0.05) is 25.6 Å². The van der Waals surface area contributed by atoms with E-state index in [9.17, 15) is 18.0 Å². The van der Waals surface area contributed by atoms with Crippen LogP contribution in [0.1, 0.15) is 34.7 Å². The molecule has 0 aliphatic heterocycles. The first-order chi connectivity index (χ1) is 16.4. The highest BCUT2D eigenvalue weighted by molar-refractivity contribution is 7.90. The second kappa shape index (κ2) is 10.1. The van der Waals surface area contributed by atoms with Crippen LogP contribution in [0.25, 0.3) is 10.2 Å². The van der Waals surface area contributed by atoms with E-state index in [0.29, 0.717) is 18.8 Å². The maximum atomic E-state index is 12.7. The van der Waals surface area contributed by atoms with Crippen molar-refractivity contribution < 1.29 is 18.0 Å². The number of aromatic nitrogens is 5. The quantitative estimate of drug-likeness (QED) is 0.353. The van der Waals surface area contributed by atoms with Gasteiger partial charge in [0.05, 0.1) is 26.7 Å². The Labute approximate surface area is 199 Å². The minimum Gasteiger partial charge on any atom is -0.343 e. The van der Waals surface area contributed by atoms with Crippen molar-refractivity contribution in [3.05, 3.63) is 65.4 Å². The molecule has 0 saturated carbocycles. The highest BCUT2D eigenvalue weighted by Gasteiger charge is 2.20. The molecule has 176 valence electrons. The number of thiazole rings is 1. The molecule has 3 aromatic heterocycles. The zero-order valence-electron chi connectivity index (χ0n) is 18.1. The summed E-state index contributed by atoms with van der Waals surface area (Å²) in [6.07, 6.45) is 3.01. The Morgan fingerprint density at radius 3 is 2.79 bits per heavy atom. The molecular formula is C21H21N7O4S2. The van der Waals surface area contributed by atoms with E-state index in [0.717, 1.165) is 21.3 Å². The van der Waals surface area contributed by atoms with Crippen molar-refractivity contribution in [3.8, 4) is 0 Å². The van der Waals surface area contributed by atoms with E-state index in [1.165, 1.54) is 23.6 Å². The fourth-order valence-electron chi connectivity index (χ4n) is 3.14. The zero-order chi connectivity index (χ0) is 24.1. The molecule has 2 amide bonds. The van der Waals surface area contributed by atoms with Gasteiger partial charge in [-0.05, 0) is 31.2 Å². The number of hydrogen-bond acceptors (Lipinski definition) is 9. The van der Waals surface area contributed by atoms with Crippen molar-refractivity contribution in [1.29, 1.82) is 0 Å². The molecule has 0 aliphatic rings.